The molecule has 0 spiro atoms. The average molecular weight is 269 g/mol. The van der Waals surface area contributed by atoms with Crippen molar-refractivity contribution >= 4 is 23.2 Å². The summed E-state index contributed by atoms with van der Waals surface area (Å²) in [7, 11) is 0. The fourth-order valence-electron chi connectivity index (χ4n) is 1.81. The smallest absolute Gasteiger partial charge is 0.196 e. The van der Waals surface area contributed by atoms with Gasteiger partial charge >= 0.3 is 0 Å². The highest BCUT2D eigenvalue weighted by molar-refractivity contribution is 6.27. The number of ketones is 2. The normalized spacial score (nSPS) is 16.2. The molecule has 1 unspecified atom stereocenters. The zero-order valence-corrected chi connectivity index (χ0v) is 9.81. The number of allylic oxidation sites excluding steroid dienone is 1. The van der Waals surface area contributed by atoms with E-state index < -0.39 is 29.2 Å². The molecule has 18 heavy (non-hydrogen) atoms. The van der Waals surface area contributed by atoms with Gasteiger partial charge in [0.25, 0.3) is 0 Å². The lowest BCUT2D eigenvalue weighted by Crippen LogP contribution is -2.26. The van der Waals surface area contributed by atoms with Gasteiger partial charge in [-0.3, -0.25) is 9.59 Å². The van der Waals surface area contributed by atoms with Crippen molar-refractivity contribution in [2.75, 3.05) is 5.88 Å². The minimum absolute atomic E-state index is 0.191. The lowest BCUT2D eigenvalue weighted by Gasteiger charge is -2.19. The van der Waals surface area contributed by atoms with Crippen LogP contribution in [0.3, 0.4) is 0 Å². The van der Waals surface area contributed by atoms with Crippen molar-refractivity contribution in [1.82, 2.24) is 0 Å². The Kier molecular flexibility index (Phi) is 3.11. The second kappa shape index (κ2) is 4.44. The molecule has 0 radical (unpaired) electrons. The molecular weight excluding hydrogens is 260 g/mol. The number of phenolic OH excluding ortho intramolecular Hbond substituents is 2. The van der Waals surface area contributed by atoms with Gasteiger partial charge in [0.15, 0.2) is 11.6 Å². The molecule has 1 aliphatic rings. The van der Waals surface area contributed by atoms with Crippen LogP contribution in [0.4, 0.5) is 0 Å². The van der Waals surface area contributed by atoms with Gasteiger partial charge < -0.3 is 15.3 Å². The number of hydrogen-bond donors (Lipinski definition) is 3. The second-order valence-corrected chi connectivity index (χ2v) is 4.13. The average Bonchev–Trinajstić information content (AvgIpc) is 2.35. The van der Waals surface area contributed by atoms with Crippen LogP contribution in [0.1, 0.15) is 20.7 Å². The van der Waals surface area contributed by atoms with Crippen LogP contribution in [0.2, 0.25) is 0 Å². The van der Waals surface area contributed by atoms with Crippen molar-refractivity contribution in [3.63, 3.8) is 0 Å². The Bertz CT molecular complexity index is 576. The first-order valence-electron chi connectivity index (χ1n) is 5.07. The highest BCUT2D eigenvalue weighted by Crippen LogP contribution is 2.35. The van der Waals surface area contributed by atoms with Gasteiger partial charge in [0, 0.05) is 5.57 Å². The number of halogens is 1. The van der Waals surface area contributed by atoms with Crippen molar-refractivity contribution in [3.05, 3.63) is 34.9 Å². The number of aliphatic hydroxyl groups excluding tert-OH is 1. The summed E-state index contributed by atoms with van der Waals surface area (Å²) in [5.41, 5.74) is -0.754. The quantitative estimate of drug-likeness (QED) is 0.549. The number of rotatable bonds is 2. The van der Waals surface area contributed by atoms with Gasteiger partial charge in [0.2, 0.25) is 0 Å². The predicted molar refractivity (Wildman–Crippen MR) is 63.2 cm³/mol. The molecule has 1 aliphatic carbocycles. The molecule has 5 nitrogen and oxygen atoms in total. The number of aromatic hydroxyl groups is 2. The standard InChI is InChI=1S/C12H9ClO5/c13-4-9(17)5-3-8(16)10-6(14)1-2-7(15)11(10)12(5)18/h1-3,9,14-15,17H,4H2. The van der Waals surface area contributed by atoms with Gasteiger partial charge in [-0.2, -0.15) is 0 Å². The third-order valence-corrected chi connectivity index (χ3v) is 2.98. The lowest BCUT2D eigenvalue weighted by molar-refractivity contribution is 0.0949. The van der Waals surface area contributed by atoms with Crippen LogP contribution in [0.5, 0.6) is 11.5 Å². The Hall–Kier alpha value is -1.85. The maximum Gasteiger partial charge on any atom is 0.196 e. The number of benzene rings is 1. The summed E-state index contributed by atoms with van der Waals surface area (Å²) < 4.78 is 0. The molecule has 0 heterocycles. The van der Waals surface area contributed by atoms with Gasteiger partial charge in [-0.05, 0) is 18.2 Å². The van der Waals surface area contributed by atoms with Gasteiger partial charge in [0.05, 0.1) is 23.1 Å². The van der Waals surface area contributed by atoms with E-state index in [2.05, 4.69) is 0 Å². The number of alkyl halides is 1. The molecular formula is C12H9ClO5. The summed E-state index contributed by atoms with van der Waals surface area (Å²) in [4.78, 5) is 23.8. The number of hydrogen-bond acceptors (Lipinski definition) is 5. The minimum Gasteiger partial charge on any atom is -0.507 e. The van der Waals surface area contributed by atoms with E-state index in [-0.39, 0.29) is 22.6 Å². The topological polar surface area (TPSA) is 94.8 Å². The van der Waals surface area contributed by atoms with Crippen LogP contribution in [0, 0.1) is 0 Å². The molecule has 3 N–H and O–H groups in total. The Morgan fingerprint density at radius 1 is 1.11 bits per heavy atom. The molecule has 0 fully saturated rings. The van der Waals surface area contributed by atoms with E-state index in [9.17, 15) is 24.9 Å². The number of fused-ring (bicyclic) bond motifs is 1. The fraction of sp³-hybridized carbons (Fsp3) is 0.167. The molecule has 1 aromatic rings. The van der Waals surface area contributed by atoms with Crippen LogP contribution >= 0.6 is 11.6 Å². The summed E-state index contributed by atoms with van der Waals surface area (Å²) in [5, 5.41) is 28.7. The van der Waals surface area contributed by atoms with E-state index in [0.29, 0.717) is 0 Å². The molecule has 0 aromatic heterocycles. The van der Waals surface area contributed by atoms with Gasteiger partial charge in [0.1, 0.15) is 11.5 Å². The fourth-order valence-corrected chi connectivity index (χ4v) is 1.98. The van der Waals surface area contributed by atoms with Crippen LogP contribution < -0.4 is 0 Å². The zero-order chi connectivity index (χ0) is 13.4. The van der Waals surface area contributed by atoms with E-state index in [1.807, 2.05) is 0 Å². The third kappa shape index (κ3) is 1.77. The third-order valence-electron chi connectivity index (χ3n) is 2.69. The second-order valence-electron chi connectivity index (χ2n) is 3.82. The van der Waals surface area contributed by atoms with Crippen molar-refractivity contribution in [3.8, 4) is 11.5 Å². The van der Waals surface area contributed by atoms with E-state index in [4.69, 9.17) is 11.6 Å². The first-order chi connectivity index (χ1) is 8.47. The summed E-state index contributed by atoms with van der Waals surface area (Å²) in [6, 6.07) is 2.23. The molecule has 0 bridgehead atoms. The van der Waals surface area contributed by atoms with Gasteiger partial charge in [-0.1, -0.05) is 0 Å². The van der Waals surface area contributed by atoms with Crippen LogP contribution in [0.15, 0.2) is 23.8 Å². The van der Waals surface area contributed by atoms with E-state index in [1.54, 1.807) is 0 Å². The monoisotopic (exact) mass is 268 g/mol. The minimum atomic E-state index is -1.29. The molecule has 94 valence electrons. The number of carbonyl (C=O) groups excluding carboxylic acids is 2. The Morgan fingerprint density at radius 3 is 2.22 bits per heavy atom. The molecule has 0 aliphatic heterocycles. The Balaban J connectivity index is 2.65. The summed E-state index contributed by atoms with van der Waals surface area (Å²) in [5.74, 6) is -2.44. The van der Waals surface area contributed by atoms with Crippen LogP contribution in [0.25, 0.3) is 0 Å². The highest BCUT2D eigenvalue weighted by Gasteiger charge is 2.33. The lowest BCUT2D eigenvalue weighted by atomic mass is 9.86. The first kappa shape index (κ1) is 12.6. The number of carbonyl (C=O) groups is 2. The summed E-state index contributed by atoms with van der Waals surface area (Å²) in [6.07, 6.45) is -0.366. The van der Waals surface area contributed by atoms with Crippen LogP contribution in [-0.4, -0.2) is 38.9 Å². The molecule has 1 atom stereocenters. The molecule has 0 amide bonds. The molecule has 2 rings (SSSR count). The highest BCUT2D eigenvalue weighted by atomic mass is 35.5. The Labute approximate surface area is 107 Å². The number of Topliss-reactive ketones (excluding diaryl/α,β-unsaturated/α-hetero) is 1. The Morgan fingerprint density at radius 2 is 1.67 bits per heavy atom. The van der Waals surface area contributed by atoms with Crippen molar-refractivity contribution in [2.45, 2.75) is 6.10 Å². The molecule has 6 heteroatoms. The van der Waals surface area contributed by atoms with Gasteiger partial charge in [-0.15, -0.1) is 11.6 Å². The van der Waals surface area contributed by atoms with Crippen molar-refractivity contribution < 1.29 is 24.9 Å². The first-order valence-corrected chi connectivity index (χ1v) is 5.60. The molecule has 0 saturated heterocycles. The van der Waals surface area contributed by atoms with E-state index in [1.165, 1.54) is 0 Å². The van der Waals surface area contributed by atoms with Crippen molar-refractivity contribution in [2.24, 2.45) is 0 Å². The van der Waals surface area contributed by atoms with Gasteiger partial charge in [-0.25, -0.2) is 0 Å². The van der Waals surface area contributed by atoms with E-state index >= 15 is 0 Å². The predicted octanol–water partition coefficient (Wildman–Crippen LogP) is 1.00. The maximum absolute atomic E-state index is 12.0. The summed E-state index contributed by atoms with van der Waals surface area (Å²) in [6.45, 7) is 0. The van der Waals surface area contributed by atoms with Crippen LogP contribution in [-0.2, 0) is 0 Å². The molecule has 0 saturated carbocycles. The van der Waals surface area contributed by atoms with E-state index in [0.717, 1.165) is 18.2 Å². The number of aliphatic hydroxyl groups is 1. The van der Waals surface area contributed by atoms with Crippen molar-refractivity contribution in [1.29, 1.82) is 0 Å². The SMILES string of the molecule is O=C1C=C(C(O)CCl)C(=O)c2c(O)ccc(O)c21. The maximum atomic E-state index is 12.0. The zero-order valence-electron chi connectivity index (χ0n) is 9.05. The number of phenols is 2. The summed E-state index contributed by atoms with van der Waals surface area (Å²) >= 11 is 5.43. The molecule has 1 aromatic carbocycles. The largest absolute Gasteiger partial charge is 0.507 e.